The Kier molecular flexibility index (Phi) is 1.59. The van der Waals surface area contributed by atoms with Gasteiger partial charge in [-0.25, -0.2) is 4.79 Å². The number of ether oxygens (including phenoxy) is 1. The predicted octanol–water partition coefficient (Wildman–Crippen LogP) is 1.46. The molecular formula is C9H8O3. The molecular weight excluding hydrogens is 156 g/mol. The van der Waals surface area contributed by atoms with Crippen LogP contribution in [0.2, 0.25) is 0 Å². The average Bonchev–Trinajstić information content (AvgIpc) is 2.87. The summed E-state index contributed by atoms with van der Waals surface area (Å²) in [5.41, 5.74) is 1.28. The summed E-state index contributed by atoms with van der Waals surface area (Å²) in [6.45, 7) is 0.711. The predicted molar refractivity (Wildman–Crippen MR) is 42.1 cm³/mol. The van der Waals surface area contributed by atoms with Crippen molar-refractivity contribution in [3.8, 4) is 0 Å². The fourth-order valence-electron chi connectivity index (χ4n) is 1.11. The van der Waals surface area contributed by atoms with E-state index in [9.17, 15) is 4.79 Å². The summed E-state index contributed by atoms with van der Waals surface area (Å²) in [5.74, 6) is -0.891. The lowest BCUT2D eigenvalue weighted by Gasteiger charge is -1.96. The van der Waals surface area contributed by atoms with E-state index in [1.54, 1.807) is 18.2 Å². The van der Waals surface area contributed by atoms with Crippen LogP contribution in [0.3, 0.4) is 0 Å². The van der Waals surface area contributed by atoms with Crippen molar-refractivity contribution < 1.29 is 14.6 Å². The molecule has 1 aliphatic rings. The molecule has 1 atom stereocenters. The van der Waals surface area contributed by atoms with Crippen LogP contribution in [-0.2, 0) is 4.74 Å². The minimum Gasteiger partial charge on any atom is -0.478 e. The van der Waals surface area contributed by atoms with Gasteiger partial charge in [-0.3, -0.25) is 0 Å². The molecule has 0 spiro atoms. The number of carboxylic acid groups (broad SMARTS) is 1. The number of carbonyl (C=O) groups is 1. The van der Waals surface area contributed by atoms with Crippen molar-refractivity contribution in [3.05, 3.63) is 35.4 Å². The van der Waals surface area contributed by atoms with Gasteiger partial charge < -0.3 is 9.84 Å². The first-order chi connectivity index (χ1) is 5.77. The molecule has 1 aromatic rings. The Morgan fingerprint density at radius 3 is 2.92 bits per heavy atom. The van der Waals surface area contributed by atoms with Gasteiger partial charge in [-0.15, -0.1) is 0 Å². The number of hydrogen-bond donors (Lipinski definition) is 1. The quantitative estimate of drug-likeness (QED) is 0.673. The second kappa shape index (κ2) is 2.60. The minimum absolute atomic E-state index is 0.129. The van der Waals surface area contributed by atoms with E-state index in [0.717, 1.165) is 5.56 Å². The third-order valence-corrected chi connectivity index (χ3v) is 1.84. The van der Waals surface area contributed by atoms with E-state index in [1.165, 1.54) is 0 Å². The smallest absolute Gasteiger partial charge is 0.335 e. The Labute approximate surface area is 69.6 Å². The molecule has 1 heterocycles. The number of carboxylic acids is 1. The molecule has 12 heavy (non-hydrogen) atoms. The van der Waals surface area contributed by atoms with E-state index in [2.05, 4.69) is 0 Å². The zero-order valence-electron chi connectivity index (χ0n) is 6.36. The zero-order valence-corrected chi connectivity index (χ0v) is 6.36. The third kappa shape index (κ3) is 1.31. The Bertz CT molecular complexity index is 315. The van der Waals surface area contributed by atoms with Crippen LogP contribution in [0.4, 0.5) is 0 Å². The van der Waals surface area contributed by atoms with Crippen LogP contribution >= 0.6 is 0 Å². The highest BCUT2D eigenvalue weighted by Crippen LogP contribution is 2.29. The first-order valence-corrected chi connectivity index (χ1v) is 3.72. The van der Waals surface area contributed by atoms with E-state index in [1.807, 2.05) is 6.07 Å². The molecule has 1 saturated heterocycles. The first-order valence-electron chi connectivity index (χ1n) is 3.72. The highest BCUT2D eigenvalue weighted by Gasteiger charge is 2.25. The largest absolute Gasteiger partial charge is 0.478 e. The van der Waals surface area contributed by atoms with Gasteiger partial charge in [0.15, 0.2) is 0 Å². The van der Waals surface area contributed by atoms with Gasteiger partial charge in [0, 0.05) is 0 Å². The Morgan fingerprint density at radius 2 is 2.33 bits per heavy atom. The van der Waals surface area contributed by atoms with Gasteiger partial charge in [-0.2, -0.15) is 0 Å². The SMILES string of the molecule is O=C(O)c1cccc(C2CO2)c1. The maximum Gasteiger partial charge on any atom is 0.335 e. The second-order valence-corrected chi connectivity index (χ2v) is 2.75. The normalized spacial score (nSPS) is 20.5. The number of epoxide rings is 1. The fraction of sp³-hybridized carbons (Fsp3) is 0.222. The van der Waals surface area contributed by atoms with Gasteiger partial charge in [-0.1, -0.05) is 12.1 Å². The molecule has 0 radical (unpaired) electrons. The molecule has 0 bridgehead atoms. The molecule has 0 aliphatic carbocycles. The lowest BCUT2D eigenvalue weighted by molar-refractivity contribution is 0.0697. The Morgan fingerprint density at radius 1 is 1.58 bits per heavy atom. The summed E-state index contributed by atoms with van der Waals surface area (Å²) >= 11 is 0. The average molecular weight is 164 g/mol. The van der Waals surface area contributed by atoms with Crippen LogP contribution in [0.25, 0.3) is 0 Å². The Balaban J connectivity index is 2.32. The van der Waals surface area contributed by atoms with Crippen LogP contribution in [0.5, 0.6) is 0 Å². The molecule has 1 fully saturated rings. The summed E-state index contributed by atoms with van der Waals surface area (Å²) in [6, 6.07) is 6.85. The molecule has 0 saturated carbocycles. The van der Waals surface area contributed by atoms with E-state index >= 15 is 0 Å². The van der Waals surface area contributed by atoms with Crippen molar-refractivity contribution in [2.45, 2.75) is 6.10 Å². The van der Waals surface area contributed by atoms with Gasteiger partial charge in [0.25, 0.3) is 0 Å². The molecule has 3 heteroatoms. The maximum absolute atomic E-state index is 10.6. The van der Waals surface area contributed by atoms with Gasteiger partial charge >= 0.3 is 5.97 Å². The molecule has 3 nitrogen and oxygen atoms in total. The molecule has 2 rings (SSSR count). The van der Waals surface area contributed by atoms with Crippen LogP contribution in [0.1, 0.15) is 22.0 Å². The van der Waals surface area contributed by atoms with Crippen LogP contribution in [0.15, 0.2) is 24.3 Å². The van der Waals surface area contributed by atoms with Crippen molar-refractivity contribution in [1.29, 1.82) is 0 Å². The van der Waals surface area contributed by atoms with Gasteiger partial charge in [-0.05, 0) is 17.7 Å². The van der Waals surface area contributed by atoms with Crippen molar-refractivity contribution in [2.75, 3.05) is 6.61 Å². The third-order valence-electron chi connectivity index (χ3n) is 1.84. The number of aromatic carboxylic acids is 1. The summed E-state index contributed by atoms with van der Waals surface area (Å²) in [5, 5.41) is 8.67. The molecule has 0 amide bonds. The second-order valence-electron chi connectivity index (χ2n) is 2.75. The summed E-state index contributed by atoms with van der Waals surface area (Å²) in [6.07, 6.45) is 0.129. The van der Waals surface area contributed by atoms with Crippen LogP contribution < -0.4 is 0 Å². The maximum atomic E-state index is 10.6. The lowest BCUT2D eigenvalue weighted by atomic mass is 10.1. The van der Waals surface area contributed by atoms with Crippen LogP contribution in [0, 0.1) is 0 Å². The van der Waals surface area contributed by atoms with Crippen LogP contribution in [-0.4, -0.2) is 17.7 Å². The van der Waals surface area contributed by atoms with E-state index in [0.29, 0.717) is 12.2 Å². The summed E-state index contributed by atoms with van der Waals surface area (Å²) < 4.78 is 5.04. The van der Waals surface area contributed by atoms with E-state index < -0.39 is 5.97 Å². The van der Waals surface area contributed by atoms with Gasteiger partial charge in [0.2, 0.25) is 0 Å². The molecule has 0 aromatic heterocycles. The molecule has 1 N–H and O–H groups in total. The van der Waals surface area contributed by atoms with Gasteiger partial charge in [0.05, 0.1) is 12.2 Å². The fourth-order valence-corrected chi connectivity index (χ4v) is 1.11. The molecule has 1 aliphatic heterocycles. The van der Waals surface area contributed by atoms with Crippen molar-refractivity contribution >= 4 is 5.97 Å². The van der Waals surface area contributed by atoms with Gasteiger partial charge in [0.1, 0.15) is 6.10 Å². The minimum atomic E-state index is -0.891. The monoisotopic (exact) mass is 164 g/mol. The molecule has 62 valence electrons. The molecule has 1 aromatic carbocycles. The first kappa shape index (κ1) is 7.31. The van der Waals surface area contributed by atoms with E-state index in [-0.39, 0.29) is 6.10 Å². The van der Waals surface area contributed by atoms with E-state index in [4.69, 9.17) is 9.84 Å². The van der Waals surface area contributed by atoms with Crippen molar-refractivity contribution in [2.24, 2.45) is 0 Å². The standard InChI is InChI=1S/C9H8O3/c10-9(11)7-3-1-2-6(4-7)8-5-12-8/h1-4,8H,5H2,(H,10,11). The summed E-state index contributed by atoms with van der Waals surface area (Å²) in [4.78, 5) is 10.6. The number of rotatable bonds is 2. The zero-order chi connectivity index (χ0) is 8.55. The highest BCUT2D eigenvalue weighted by atomic mass is 16.6. The highest BCUT2D eigenvalue weighted by molar-refractivity contribution is 5.87. The van der Waals surface area contributed by atoms with Crippen molar-refractivity contribution in [1.82, 2.24) is 0 Å². The number of hydrogen-bond acceptors (Lipinski definition) is 2. The molecule has 1 unspecified atom stereocenters. The number of benzene rings is 1. The Hall–Kier alpha value is -1.35. The summed E-state index contributed by atoms with van der Waals surface area (Å²) in [7, 11) is 0. The lowest BCUT2D eigenvalue weighted by Crippen LogP contribution is -1.96. The topological polar surface area (TPSA) is 49.8 Å². The van der Waals surface area contributed by atoms with Crippen molar-refractivity contribution in [3.63, 3.8) is 0 Å².